The van der Waals surface area contributed by atoms with Crippen molar-refractivity contribution in [3.63, 3.8) is 0 Å². The number of hydrogen-bond acceptors (Lipinski definition) is 3. The van der Waals surface area contributed by atoms with Crippen molar-refractivity contribution in [2.45, 2.75) is 0 Å². The van der Waals surface area contributed by atoms with E-state index in [1.807, 2.05) is 0 Å². The predicted octanol–water partition coefficient (Wildman–Crippen LogP) is 1.76. The first-order valence-corrected chi connectivity index (χ1v) is 6.64. The molecule has 0 fully saturated rings. The largest absolute Gasteiger partial charge is 0.478 e. The summed E-state index contributed by atoms with van der Waals surface area (Å²) in [4.78, 5) is 22.7. The van der Waals surface area contributed by atoms with E-state index in [0.29, 0.717) is 23.6 Å². The van der Waals surface area contributed by atoms with Crippen LogP contribution in [0.25, 0.3) is 0 Å². The van der Waals surface area contributed by atoms with Crippen LogP contribution in [0.2, 0.25) is 0 Å². The van der Waals surface area contributed by atoms with Gasteiger partial charge in [0.2, 0.25) is 0 Å². The molecule has 1 amide bonds. The Morgan fingerprint density at radius 1 is 1.30 bits per heavy atom. The molecule has 0 spiro atoms. The van der Waals surface area contributed by atoms with Gasteiger partial charge < -0.3 is 10.4 Å². The number of terminal acetylenes is 1. The summed E-state index contributed by atoms with van der Waals surface area (Å²) in [5.74, 6) is -1.45. The Kier molecular flexibility index (Phi) is 6.00. The van der Waals surface area contributed by atoms with Gasteiger partial charge in [0, 0.05) is 12.3 Å². The lowest BCUT2D eigenvalue weighted by atomic mass is 10.1. The fraction of sp³-hybridized carbons (Fsp3) is 0.231. The molecule has 2 N–H and O–H groups in total. The zero-order chi connectivity index (χ0) is 15.1. The number of hydrogen-bond donors (Lipinski definition) is 2. The maximum atomic E-state index is 13.1. The highest BCUT2D eigenvalue weighted by molar-refractivity contribution is 7.99. The third-order valence-electron chi connectivity index (χ3n) is 2.25. The fourth-order valence-electron chi connectivity index (χ4n) is 1.37. The maximum absolute atomic E-state index is 13.1. The van der Waals surface area contributed by atoms with Crippen molar-refractivity contribution < 1.29 is 23.5 Å². The Morgan fingerprint density at radius 2 is 1.90 bits per heavy atom. The maximum Gasteiger partial charge on any atom is 0.336 e. The molecule has 0 bridgehead atoms. The average Bonchev–Trinajstić information content (AvgIpc) is 2.40. The number of carbonyl (C=O) groups excluding carboxylic acids is 1. The summed E-state index contributed by atoms with van der Waals surface area (Å²) < 4.78 is 26.1. The molecule has 20 heavy (non-hydrogen) atoms. The van der Waals surface area contributed by atoms with Gasteiger partial charge in [-0.3, -0.25) is 4.79 Å². The summed E-state index contributed by atoms with van der Waals surface area (Å²) in [6, 6.07) is 1.06. The number of thioether (sulfide) groups is 1. The van der Waals surface area contributed by atoms with E-state index in [-0.39, 0.29) is 6.54 Å². The molecule has 0 aliphatic carbocycles. The highest BCUT2D eigenvalue weighted by atomic mass is 32.2. The number of carboxylic acids is 1. The number of carboxylic acid groups (broad SMARTS) is 1. The molecule has 0 saturated heterocycles. The highest BCUT2D eigenvalue weighted by Crippen LogP contribution is 2.15. The molecule has 1 aromatic carbocycles. The third kappa shape index (κ3) is 4.24. The van der Waals surface area contributed by atoms with Crippen LogP contribution in [0.5, 0.6) is 0 Å². The van der Waals surface area contributed by atoms with Gasteiger partial charge in [-0.25, -0.2) is 13.6 Å². The van der Waals surface area contributed by atoms with Gasteiger partial charge in [0.25, 0.3) is 5.91 Å². The lowest BCUT2D eigenvalue weighted by Crippen LogP contribution is -2.28. The second-order valence-electron chi connectivity index (χ2n) is 3.63. The van der Waals surface area contributed by atoms with E-state index in [9.17, 15) is 18.4 Å². The topological polar surface area (TPSA) is 66.4 Å². The van der Waals surface area contributed by atoms with E-state index in [4.69, 9.17) is 11.5 Å². The molecule has 4 nitrogen and oxygen atoms in total. The number of amides is 1. The van der Waals surface area contributed by atoms with Crippen LogP contribution in [0.3, 0.4) is 0 Å². The first kappa shape index (κ1) is 16.0. The first-order chi connectivity index (χ1) is 9.47. The normalized spacial score (nSPS) is 9.85. The van der Waals surface area contributed by atoms with Gasteiger partial charge in [0.15, 0.2) is 11.6 Å². The molecule has 0 radical (unpaired) electrons. The van der Waals surface area contributed by atoms with Crippen molar-refractivity contribution in [2.75, 3.05) is 18.1 Å². The minimum absolute atomic E-state index is 0.239. The summed E-state index contributed by atoms with van der Waals surface area (Å²) in [6.07, 6.45) is 5.04. The van der Waals surface area contributed by atoms with Crippen LogP contribution in [0.4, 0.5) is 8.78 Å². The SMILES string of the molecule is C#CCSCCNC(=O)c1cc(F)c(F)cc1C(=O)O. The lowest BCUT2D eigenvalue weighted by Gasteiger charge is -2.08. The molecule has 0 atom stereocenters. The van der Waals surface area contributed by atoms with Gasteiger partial charge in [-0.2, -0.15) is 0 Å². The van der Waals surface area contributed by atoms with Crippen LogP contribution in [0.1, 0.15) is 20.7 Å². The van der Waals surface area contributed by atoms with E-state index in [0.717, 1.165) is 0 Å². The highest BCUT2D eigenvalue weighted by Gasteiger charge is 2.20. The minimum atomic E-state index is -1.50. The molecule has 0 saturated carbocycles. The van der Waals surface area contributed by atoms with Gasteiger partial charge in [-0.05, 0) is 12.1 Å². The first-order valence-electron chi connectivity index (χ1n) is 5.49. The zero-order valence-corrected chi connectivity index (χ0v) is 11.1. The molecule has 0 aromatic heterocycles. The summed E-state index contributed by atoms with van der Waals surface area (Å²) in [7, 11) is 0. The average molecular weight is 299 g/mol. The standard InChI is InChI=1S/C13H11F2NO3S/c1-2-4-20-5-3-16-12(17)8-6-10(14)11(15)7-9(8)13(18)19/h1,6-7H,3-5H2,(H,16,17)(H,18,19). The zero-order valence-electron chi connectivity index (χ0n) is 10.3. The monoisotopic (exact) mass is 299 g/mol. The summed E-state index contributed by atoms with van der Waals surface area (Å²) >= 11 is 1.41. The Bertz CT molecular complexity index is 569. The van der Waals surface area contributed by atoms with E-state index in [1.54, 1.807) is 0 Å². The molecular formula is C13H11F2NO3S. The smallest absolute Gasteiger partial charge is 0.336 e. The lowest BCUT2D eigenvalue weighted by molar-refractivity contribution is 0.0690. The number of carbonyl (C=O) groups is 2. The van der Waals surface area contributed by atoms with Crippen LogP contribution >= 0.6 is 11.8 Å². The molecule has 0 heterocycles. The van der Waals surface area contributed by atoms with E-state index >= 15 is 0 Å². The molecule has 0 aliphatic rings. The van der Waals surface area contributed by atoms with Crippen molar-refractivity contribution in [1.82, 2.24) is 5.32 Å². The van der Waals surface area contributed by atoms with Crippen molar-refractivity contribution in [3.8, 4) is 12.3 Å². The Hall–Kier alpha value is -2.07. The molecule has 7 heteroatoms. The molecular weight excluding hydrogens is 288 g/mol. The second-order valence-corrected chi connectivity index (χ2v) is 4.73. The molecule has 0 unspecified atom stereocenters. The number of nitrogens with one attached hydrogen (secondary N) is 1. The molecule has 1 rings (SSSR count). The predicted molar refractivity (Wildman–Crippen MR) is 71.8 cm³/mol. The minimum Gasteiger partial charge on any atom is -0.478 e. The second kappa shape index (κ2) is 7.50. The number of halogens is 2. The van der Waals surface area contributed by atoms with Crippen molar-refractivity contribution >= 4 is 23.6 Å². The summed E-state index contributed by atoms with van der Waals surface area (Å²) in [5.41, 5.74) is -1.00. The van der Waals surface area contributed by atoms with Crippen molar-refractivity contribution in [1.29, 1.82) is 0 Å². The van der Waals surface area contributed by atoms with Crippen molar-refractivity contribution in [3.05, 3.63) is 34.9 Å². The van der Waals surface area contributed by atoms with E-state index < -0.39 is 34.6 Å². The molecule has 1 aromatic rings. The van der Waals surface area contributed by atoms with E-state index in [2.05, 4.69) is 11.2 Å². The van der Waals surface area contributed by atoms with Crippen LogP contribution < -0.4 is 5.32 Å². The van der Waals surface area contributed by atoms with Crippen LogP contribution in [-0.4, -0.2) is 35.0 Å². The van der Waals surface area contributed by atoms with Crippen molar-refractivity contribution in [2.24, 2.45) is 0 Å². The summed E-state index contributed by atoms with van der Waals surface area (Å²) in [6.45, 7) is 0.239. The van der Waals surface area contributed by atoms with Crippen LogP contribution in [0, 0.1) is 24.0 Å². The quantitative estimate of drug-likeness (QED) is 0.620. The van der Waals surface area contributed by atoms with Gasteiger partial charge in [0.05, 0.1) is 16.9 Å². The van der Waals surface area contributed by atoms with Gasteiger partial charge in [-0.1, -0.05) is 5.92 Å². The Labute approximate surface area is 118 Å². The fourth-order valence-corrected chi connectivity index (χ4v) is 1.88. The molecule has 0 aliphatic heterocycles. The Morgan fingerprint density at radius 3 is 2.45 bits per heavy atom. The van der Waals surface area contributed by atoms with Crippen LogP contribution in [-0.2, 0) is 0 Å². The van der Waals surface area contributed by atoms with Gasteiger partial charge in [-0.15, -0.1) is 18.2 Å². The van der Waals surface area contributed by atoms with Crippen LogP contribution in [0.15, 0.2) is 12.1 Å². The number of benzene rings is 1. The number of aromatic carboxylic acids is 1. The third-order valence-corrected chi connectivity index (χ3v) is 3.12. The summed E-state index contributed by atoms with van der Waals surface area (Å²) in [5, 5.41) is 11.3. The Balaban J connectivity index is 2.79. The van der Waals surface area contributed by atoms with Gasteiger partial charge >= 0.3 is 5.97 Å². The molecule has 106 valence electrons. The number of rotatable bonds is 6. The van der Waals surface area contributed by atoms with E-state index in [1.165, 1.54) is 11.8 Å². The van der Waals surface area contributed by atoms with Gasteiger partial charge in [0.1, 0.15) is 0 Å².